The van der Waals surface area contributed by atoms with Gasteiger partial charge in [0.15, 0.2) is 0 Å². The van der Waals surface area contributed by atoms with Gasteiger partial charge in [-0.25, -0.2) is 4.68 Å². The Bertz CT molecular complexity index is 632. The standard InChI is InChI=1S/C15H14N4/c1-2-8-16-14(5-1)12-17-13-6-3-7-15(11-13)19-10-4-9-18-19/h1-11,17H,12H2. The van der Waals surface area contributed by atoms with Crippen LogP contribution in [0.4, 0.5) is 5.69 Å². The van der Waals surface area contributed by atoms with Crippen molar-refractivity contribution in [3.63, 3.8) is 0 Å². The minimum Gasteiger partial charge on any atom is -0.379 e. The zero-order valence-electron chi connectivity index (χ0n) is 10.4. The molecule has 0 saturated heterocycles. The van der Waals surface area contributed by atoms with E-state index in [2.05, 4.69) is 21.5 Å². The topological polar surface area (TPSA) is 42.7 Å². The summed E-state index contributed by atoms with van der Waals surface area (Å²) in [5, 5.41) is 7.58. The summed E-state index contributed by atoms with van der Waals surface area (Å²) in [6.45, 7) is 0.712. The molecule has 0 aliphatic carbocycles. The molecule has 0 aliphatic rings. The number of pyridine rings is 1. The number of hydrogen-bond donors (Lipinski definition) is 1. The molecule has 1 N–H and O–H groups in total. The summed E-state index contributed by atoms with van der Waals surface area (Å²) in [5.74, 6) is 0. The Morgan fingerprint density at radius 2 is 2.00 bits per heavy atom. The number of benzene rings is 1. The third-order valence-corrected chi connectivity index (χ3v) is 2.81. The number of nitrogens with zero attached hydrogens (tertiary/aromatic N) is 3. The first-order valence-corrected chi connectivity index (χ1v) is 6.16. The molecule has 0 bridgehead atoms. The second kappa shape index (κ2) is 5.35. The molecule has 0 aliphatic heterocycles. The summed E-state index contributed by atoms with van der Waals surface area (Å²) in [4.78, 5) is 4.29. The molecule has 0 saturated carbocycles. The van der Waals surface area contributed by atoms with Gasteiger partial charge in [-0.2, -0.15) is 5.10 Å². The maximum atomic E-state index is 4.29. The van der Waals surface area contributed by atoms with E-state index in [0.29, 0.717) is 6.54 Å². The number of anilines is 1. The second-order valence-electron chi connectivity index (χ2n) is 4.18. The van der Waals surface area contributed by atoms with Gasteiger partial charge in [0.05, 0.1) is 17.9 Å². The van der Waals surface area contributed by atoms with Crippen LogP contribution >= 0.6 is 0 Å². The Morgan fingerprint density at radius 3 is 2.79 bits per heavy atom. The van der Waals surface area contributed by atoms with Gasteiger partial charge in [0.1, 0.15) is 0 Å². The molecule has 19 heavy (non-hydrogen) atoms. The first-order chi connectivity index (χ1) is 9.42. The monoisotopic (exact) mass is 250 g/mol. The van der Waals surface area contributed by atoms with Crippen molar-refractivity contribution in [2.45, 2.75) is 6.54 Å². The van der Waals surface area contributed by atoms with Crippen LogP contribution in [0.15, 0.2) is 67.1 Å². The average Bonchev–Trinajstić information content (AvgIpc) is 3.01. The minimum absolute atomic E-state index is 0.712. The highest BCUT2D eigenvalue weighted by Crippen LogP contribution is 2.14. The van der Waals surface area contributed by atoms with E-state index in [9.17, 15) is 0 Å². The molecule has 0 radical (unpaired) electrons. The molecule has 4 heteroatoms. The Hall–Kier alpha value is -2.62. The van der Waals surface area contributed by atoms with Gasteiger partial charge in [0.2, 0.25) is 0 Å². The molecule has 94 valence electrons. The summed E-state index contributed by atoms with van der Waals surface area (Å²) < 4.78 is 1.84. The molecule has 1 aromatic carbocycles. The molecule has 0 fully saturated rings. The van der Waals surface area contributed by atoms with Crippen LogP contribution in [-0.2, 0) is 6.54 Å². The summed E-state index contributed by atoms with van der Waals surface area (Å²) in [5.41, 5.74) is 3.11. The maximum absolute atomic E-state index is 4.29. The van der Waals surface area contributed by atoms with Crippen LogP contribution in [0.25, 0.3) is 5.69 Å². The lowest BCUT2D eigenvalue weighted by Gasteiger charge is -2.08. The fraction of sp³-hybridized carbons (Fsp3) is 0.0667. The molecule has 0 atom stereocenters. The third-order valence-electron chi connectivity index (χ3n) is 2.81. The van der Waals surface area contributed by atoms with E-state index < -0.39 is 0 Å². The molecule has 0 amide bonds. The lowest BCUT2D eigenvalue weighted by molar-refractivity contribution is 0.880. The van der Waals surface area contributed by atoms with Gasteiger partial charge in [-0.05, 0) is 36.4 Å². The lowest BCUT2D eigenvalue weighted by Crippen LogP contribution is -2.02. The van der Waals surface area contributed by atoms with E-state index in [-0.39, 0.29) is 0 Å². The van der Waals surface area contributed by atoms with E-state index in [1.165, 1.54) is 0 Å². The third kappa shape index (κ3) is 2.80. The predicted molar refractivity (Wildman–Crippen MR) is 75.1 cm³/mol. The largest absolute Gasteiger partial charge is 0.379 e. The molecule has 4 nitrogen and oxygen atoms in total. The second-order valence-corrected chi connectivity index (χ2v) is 4.18. The van der Waals surface area contributed by atoms with Crippen LogP contribution in [0.3, 0.4) is 0 Å². The molecular weight excluding hydrogens is 236 g/mol. The smallest absolute Gasteiger partial charge is 0.0666 e. The summed E-state index contributed by atoms with van der Waals surface area (Å²) >= 11 is 0. The summed E-state index contributed by atoms with van der Waals surface area (Å²) in [7, 11) is 0. The quantitative estimate of drug-likeness (QED) is 0.774. The fourth-order valence-electron chi connectivity index (χ4n) is 1.88. The Balaban J connectivity index is 1.74. The fourth-order valence-corrected chi connectivity index (χ4v) is 1.88. The zero-order chi connectivity index (χ0) is 12.9. The van der Waals surface area contributed by atoms with Crippen LogP contribution < -0.4 is 5.32 Å². The first kappa shape index (κ1) is 11.5. The van der Waals surface area contributed by atoms with E-state index in [1.807, 2.05) is 53.3 Å². The van der Waals surface area contributed by atoms with Gasteiger partial charge >= 0.3 is 0 Å². The number of nitrogens with one attached hydrogen (secondary N) is 1. The Labute approximate surface area is 111 Å². The highest BCUT2D eigenvalue weighted by molar-refractivity contribution is 5.50. The van der Waals surface area contributed by atoms with Crippen molar-refractivity contribution in [3.05, 3.63) is 72.8 Å². The van der Waals surface area contributed by atoms with E-state index >= 15 is 0 Å². The van der Waals surface area contributed by atoms with Crippen molar-refractivity contribution < 1.29 is 0 Å². The number of aromatic nitrogens is 3. The van der Waals surface area contributed by atoms with Crippen molar-refractivity contribution >= 4 is 5.69 Å². The van der Waals surface area contributed by atoms with Crippen LogP contribution in [0.2, 0.25) is 0 Å². The normalized spacial score (nSPS) is 10.3. The van der Waals surface area contributed by atoms with Crippen molar-refractivity contribution in [2.75, 3.05) is 5.32 Å². The minimum atomic E-state index is 0.712. The van der Waals surface area contributed by atoms with Crippen molar-refractivity contribution in [1.29, 1.82) is 0 Å². The number of hydrogen-bond acceptors (Lipinski definition) is 3. The summed E-state index contributed by atoms with van der Waals surface area (Å²) in [6.07, 6.45) is 5.50. The Morgan fingerprint density at radius 1 is 1.00 bits per heavy atom. The van der Waals surface area contributed by atoms with Crippen LogP contribution in [0, 0.1) is 0 Å². The Kier molecular flexibility index (Phi) is 3.23. The summed E-state index contributed by atoms with van der Waals surface area (Å²) in [6, 6.07) is 16.0. The van der Waals surface area contributed by atoms with Gasteiger partial charge < -0.3 is 5.32 Å². The molecule has 0 spiro atoms. The van der Waals surface area contributed by atoms with Crippen LogP contribution in [-0.4, -0.2) is 14.8 Å². The number of rotatable bonds is 4. The van der Waals surface area contributed by atoms with E-state index in [4.69, 9.17) is 0 Å². The average molecular weight is 250 g/mol. The first-order valence-electron chi connectivity index (χ1n) is 6.16. The van der Waals surface area contributed by atoms with E-state index in [1.54, 1.807) is 12.4 Å². The highest BCUT2D eigenvalue weighted by Gasteiger charge is 1.98. The van der Waals surface area contributed by atoms with E-state index in [0.717, 1.165) is 17.1 Å². The van der Waals surface area contributed by atoms with Crippen molar-refractivity contribution in [2.24, 2.45) is 0 Å². The molecule has 3 rings (SSSR count). The van der Waals surface area contributed by atoms with Crippen molar-refractivity contribution in [3.8, 4) is 5.69 Å². The van der Waals surface area contributed by atoms with Crippen LogP contribution in [0.1, 0.15) is 5.69 Å². The van der Waals surface area contributed by atoms with Crippen molar-refractivity contribution in [1.82, 2.24) is 14.8 Å². The zero-order valence-corrected chi connectivity index (χ0v) is 10.4. The molecule has 0 unspecified atom stereocenters. The lowest BCUT2D eigenvalue weighted by atomic mass is 10.2. The maximum Gasteiger partial charge on any atom is 0.0666 e. The van der Waals surface area contributed by atoms with Gasteiger partial charge in [-0.1, -0.05) is 12.1 Å². The van der Waals surface area contributed by atoms with Gasteiger partial charge in [0, 0.05) is 24.3 Å². The van der Waals surface area contributed by atoms with Gasteiger partial charge in [-0.15, -0.1) is 0 Å². The molecule has 3 aromatic rings. The molecule has 2 heterocycles. The highest BCUT2D eigenvalue weighted by atomic mass is 15.3. The van der Waals surface area contributed by atoms with Gasteiger partial charge in [-0.3, -0.25) is 4.98 Å². The molecule has 2 aromatic heterocycles. The SMILES string of the molecule is c1ccc(CNc2cccc(-n3cccn3)c2)nc1. The van der Waals surface area contributed by atoms with Crippen LogP contribution in [0.5, 0.6) is 0 Å². The van der Waals surface area contributed by atoms with Gasteiger partial charge in [0.25, 0.3) is 0 Å². The predicted octanol–water partition coefficient (Wildman–Crippen LogP) is 2.88. The molecular formula is C15H14N4.